The Morgan fingerprint density at radius 1 is 1.19 bits per heavy atom. The number of ether oxygens (including phenoxy) is 1. The number of carboxylic acids is 1. The number of carbonyl (C=O) groups excluding carboxylic acids is 2. The van der Waals surface area contributed by atoms with Gasteiger partial charge in [-0.3, -0.25) is 9.69 Å². The Morgan fingerprint density at radius 2 is 1.89 bits per heavy atom. The maximum Gasteiger partial charge on any atom is 0.338 e. The Kier molecular flexibility index (Phi) is 7.40. The van der Waals surface area contributed by atoms with Crippen LogP contribution in [-0.2, 0) is 14.3 Å². The van der Waals surface area contributed by atoms with Gasteiger partial charge in [-0.1, -0.05) is 36.8 Å². The minimum absolute atomic E-state index is 0.116. The lowest BCUT2D eigenvalue weighted by Gasteiger charge is -2.35. The number of esters is 1. The first-order valence-corrected chi connectivity index (χ1v) is 9.18. The molecule has 7 nitrogen and oxygen atoms in total. The summed E-state index contributed by atoms with van der Waals surface area (Å²) in [6.45, 7) is 4.16. The Morgan fingerprint density at radius 3 is 2.52 bits per heavy atom. The fourth-order valence-electron chi connectivity index (χ4n) is 3.14. The van der Waals surface area contributed by atoms with Gasteiger partial charge in [-0.25, -0.2) is 9.59 Å². The van der Waals surface area contributed by atoms with E-state index in [2.05, 4.69) is 5.32 Å². The summed E-state index contributed by atoms with van der Waals surface area (Å²) in [5.41, 5.74) is 1.81. The van der Waals surface area contributed by atoms with Crippen molar-refractivity contribution < 1.29 is 24.2 Å². The summed E-state index contributed by atoms with van der Waals surface area (Å²) in [4.78, 5) is 37.3. The average Bonchev–Trinajstić information content (AvgIpc) is 2.64. The highest BCUT2D eigenvalue weighted by molar-refractivity contribution is 5.95. The lowest BCUT2D eigenvalue weighted by Crippen LogP contribution is -2.48. The van der Waals surface area contributed by atoms with E-state index in [1.165, 1.54) is 4.90 Å². The number of benzene rings is 1. The molecule has 0 aliphatic carbocycles. The Balaban J connectivity index is 2.21. The minimum Gasteiger partial charge on any atom is -0.481 e. The van der Waals surface area contributed by atoms with Crippen molar-refractivity contribution in [2.45, 2.75) is 45.6 Å². The zero-order valence-electron chi connectivity index (χ0n) is 15.7. The lowest BCUT2D eigenvalue weighted by molar-refractivity contribution is -0.139. The first kappa shape index (κ1) is 20.5. The summed E-state index contributed by atoms with van der Waals surface area (Å²) in [6.07, 6.45) is 2.03. The molecule has 1 aromatic carbocycles. The van der Waals surface area contributed by atoms with Crippen molar-refractivity contribution in [2.75, 3.05) is 13.2 Å². The van der Waals surface area contributed by atoms with E-state index in [9.17, 15) is 14.4 Å². The molecule has 2 amide bonds. The zero-order chi connectivity index (χ0) is 19.8. The molecule has 0 unspecified atom stereocenters. The van der Waals surface area contributed by atoms with Crippen molar-refractivity contribution in [3.05, 3.63) is 47.2 Å². The average molecular weight is 374 g/mol. The van der Waals surface area contributed by atoms with Crippen LogP contribution in [0, 0.1) is 0 Å². The zero-order valence-corrected chi connectivity index (χ0v) is 15.7. The van der Waals surface area contributed by atoms with Crippen LogP contribution in [0.25, 0.3) is 0 Å². The molecule has 2 N–H and O–H groups in total. The summed E-state index contributed by atoms with van der Waals surface area (Å²) < 4.78 is 5.22. The summed E-state index contributed by atoms with van der Waals surface area (Å²) in [5, 5.41) is 11.6. The van der Waals surface area contributed by atoms with Crippen LogP contribution in [0.15, 0.2) is 41.6 Å². The van der Waals surface area contributed by atoms with Crippen molar-refractivity contribution in [1.29, 1.82) is 0 Å². The largest absolute Gasteiger partial charge is 0.481 e. The van der Waals surface area contributed by atoms with Crippen molar-refractivity contribution in [3.8, 4) is 0 Å². The number of hydrogen-bond donors (Lipinski definition) is 2. The molecule has 2 rings (SSSR count). The van der Waals surface area contributed by atoms with E-state index >= 15 is 0 Å². The number of carbonyl (C=O) groups is 3. The second kappa shape index (κ2) is 9.75. The van der Waals surface area contributed by atoms with Crippen LogP contribution in [0.5, 0.6) is 0 Å². The number of aliphatic carboxylic acids is 1. The molecule has 0 saturated heterocycles. The quantitative estimate of drug-likeness (QED) is 0.511. The summed E-state index contributed by atoms with van der Waals surface area (Å²) in [5.74, 6) is -1.27. The standard InChI is InChI=1S/C20H26N2O5/c1-3-27-19(25)17-14(2)22(13-9-5-8-12-16(23)24)20(26)21-18(17)15-10-6-4-7-11-15/h4,6-7,10-11,18H,3,5,8-9,12-13H2,1-2H3,(H,21,26)(H,23,24)/t18-/m0/s1. The molecule has 1 heterocycles. The van der Waals surface area contributed by atoms with Gasteiger partial charge < -0.3 is 15.2 Å². The molecule has 1 aromatic rings. The van der Waals surface area contributed by atoms with Gasteiger partial charge >= 0.3 is 18.0 Å². The highest BCUT2D eigenvalue weighted by Gasteiger charge is 2.36. The van der Waals surface area contributed by atoms with E-state index in [0.29, 0.717) is 37.1 Å². The van der Waals surface area contributed by atoms with Gasteiger partial charge in [0.2, 0.25) is 0 Å². The summed E-state index contributed by atoms with van der Waals surface area (Å²) >= 11 is 0. The highest BCUT2D eigenvalue weighted by Crippen LogP contribution is 2.31. The van der Waals surface area contributed by atoms with E-state index < -0.39 is 18.0 Å². The molecule has 27 heavy (non-hydrogen) atoms. The SMILES string of the molecule is CCOC(=O)C1=C(C)N(CCCCCC(=O)O)C(=O)N[C@H]1c1ccccc1. The fourth-order valence-corrected chi connectivity index (χ4v) is 3.14. The van der Waals surface area contributed by atoms with Gasteiger partial charge in [-0.2, -0.15) is 0 Å². The van der Waals surface area contributed by atoms with Crippen LogP contribution in [-0.4, -0.2) is 41.1 Å². The molecule has 0 radical (unpaired) electrons. The number of amides is 2. The molecule has 0 saturated carbocycles. The molecule has 0 fully saturated rings. The van der Waals surface area contributed by atoms with E-state index in [-0.39, 0.29) is 19.1 Å². The van der Waals surface area contributed by atoms with Gasteiger partial charge in [0.15, 0.2) is 0 Å². The summed E-state index contributed by atoms with van der Waals surface area (Å²) in [7, 11) is 0. The molecule has 1 aliphatic rings. The number of nitrogens with one attached hydrogen (secondary N) is 1. The van der Waals surface area contributed by atoms with Crippen molar-refractivity contribution in [2.24, 2.45) is 0 Å². The van der Waals surface area contributed by atoms with Gasteiger partial charge in [0.05, 0.1) is 18.2 Å². The van der Waals surface area contributed by atoms with E-state index in [0.717, 1.165) is 5.56 Å². The van der Waals surface area contributed by atoms with Gasteiger partial charge in [0.25, 0.3) is 0 Å². The van der Waals surface area contributed by atoms with Crippen LogP contribution < -0.4 is 5.32 Å². The molecule has 0 bridgehead atoms. The normalized spacial score (nSPS) is 16.9. The van der Waals surface area contributed by atoms with Crippen molar-refractivity contribution >= 4 is 18.0 Å². The predicted octanol–water partition coefficient (Wildman–Crippen LogP) is 3.24. The monoisotopic (exact) mass is 374 g/mol. The second-order valence-electron chi connectivity index (χ2n) is 6.37. The van der Waals surface area contributed by atoms with Crippen molar-refractivity contribution in [1.82, 2.24) is 10.2 Å². The third-order valence-corrected chi connectivity index (χ3v) is 4.50. The van der Waals surface area contributed by atoms with Gasteiger partial charge in [-0.15, -0.1) is 0 Å². The number of unbranched alkanes of at least 4 members (excludes halogenated alkanes) is 2. The number of nitrogens with zero attached hydrogens (tertiary/aromatic N) is 1. The smallest absolute Gasteiger partial charge is 0.338 e. The Bertz CT molecular complexity index is 714. The lowest BCUT2D eigenvalue weighted by atomic mass is 9.95. The first-order valence-electron chi connectivity index (χ1n) is 9.18. The molecule has 7 heteroatoms. The minimum atomic E-state index is -0.822. The number of rotatable bonds is 9. The number of allylic oxidation sites excluding steroid dienone is 1. The number of urea groups is 1. The maximum absolute atomic E-state index is 12.6. The second-order valence-corrected chi connectivity index (χ2v) is 6.37. The van der Waals surface area contributed by atoms with E-state index in [1.54, 1.807) is 13.8 Å². The van der Waals surface area contributed by atoms with Crippen LogP contribution in [0.2, 0.25) is 0 Å². The van der Waals surface area contributed by atoms with Crippen LogP contribution >= 0.6 is 0 Å². The molecule has 0 spiro atoms. The third kappa shape index (κ3) is 5.32. The Hall–Kier alpha value is -2.83. The molecule has 1 aliphatic heterocycles. The van der Waals surface area contributed by atoms with E-state index in [4.69, 9.17) is 9.84 Å². The maximum atomic E-state index is 12.6. The third-order valence-electron chi connectivity index (χ3n) is 4.50. The highest BCUT2D eigenvalue weighted by atomic mass is 16.5. The predicted molar refractivity (Wildman–Crippen MR) is 99.9 cm³/mol. The van der Waals surface area contributed by atoms with E-state index in [1.807, 2.05) is 30.3 Å². The van der Waals surface area contributed by atoms with Crippen LogP contribution in [0.4, 0.5) is 4.79 Å². The molecular weight excluding hydrogens is 348 g/mol. The molecule has 1 atom stereocenters. The molecular formula is C20H26N2O5. The number of hydrogen-bond acceptors (Lipinski definition) is 4. The summed E-state index contributed by atoms with van der Waals surface area (Å²) in [6, 6.07) is 8.48. The molecule has 0 aromatic heterocycles. The first-order chi connectivity index (χ1) is 13.0. The van der Waals surface area contributed by atoms with Gasteiger partial charge in [0, 0.05) is 18.7 Å². The van der Waals surface area contributed by atoms with Crippen LogP contribution in [0.3, 0.4) is 0 Å². The fraction of sp³-hybridized carbons (Fsp3) is 0.450. The van der Waals surface area contributed by atoms with Crippen molar-refractivity contribution in [3.63, 3.8) is 0 Å². The van der Waals surface area contributed by atoms with Gasteiger partial charge in [0.1, 0.15) is 0 Å². The van der Waals surface area contributed by atoms with Crippen LogP contribution in [0.1, 0.15) is 51.1 Å². The Labute approximate surface area is 159 Å². The van der Waals surface area contributed by atoms with Gasteiger partial charge in [-0.05, 0) is 32.3 Å². The number of carboxylic acid groups (broad SMARTS) is 1. The molecule has 146 valence electrons. The topological polar surface area (TPSA) is 95.9 Å².